The quantitative estimate of drug-likeness (QED) is 0.816. The zero-order valence-corrected chi connectivity index (χ0v) is 13.8. The van der Waals surface area contributed by atoms with Gasteiger partial charge in [0, 0.05) is 5.92 Å². The molecule has 25 heavy (non-hydrogen) atoms. The molecule has 0 aromatic heterocycles. The summed E-state index contributed by atoms with van der Waals surface area (Å²) in [4.78, 5) is 28.1. The lowest BCUT2D eigenvalue weighted by molar-refractivity contribution is -0.162. The molecule has 0 heterocycles. The fourth-order valence-electron chi connectivity index (χ4n) is 3.11. The second kappa shape index (κ2) is 7.36. The number of nitrogens with zero attached hydrogens (tertiary/aromatic N) is 1. The van der Waals surface area contributed by atoms with E-state index in [-0.39, 0.29) is 19.1 Å². The van der Waals surface area contributed by atoms with E-state index in [2.05, 4.69) is 0 Å². The first-order chi connectivity index (χ1) is 12.1. The van der Waals surface area contributed by atoms with Gasteiger partial charge in [-0.25, -0.2) is 4.79 Å². The van der Waals surface area contributed by atoms with Crippen molar-refractivity contribution in [3.8, 4) is 11.1 Å². The maximum absolute atomic E-state index is 12.2. The number of rotatable bonds is 6. The highest BCUT2D eigenvalue weighted by Crippen LogP contribution is 2.44. The van der Waals surface area contributed by atoms with Crippen molar-refractivity contribution in [1.29, 1.82) is 0 Å². The average molecular weight is 341 g/mol. The van der Waals surface area contributed by atoms with Gasteiger partial charge in [0.15, 0.2) is 0 Å². The van der Waals surface area contributed by atoms with Gasteiger partial charge in [-0.05, 0) is 29.2 Å². The Balaban J connectivity index is 1.77. The molecule has 2 aromatic rings. The van der Waals surface area contributed by atoms with Gasteiger partial charge in [-0.15, -0.1) is 0 Å². The molecule has 1 aliphatic rings. The lowest BCUT2D eigenvalue weighted by Crippen LogP contribution is -2.36. The third-order valence-corrected chi connectivity index (χ3v) is 4.10. The molecule has 0 saturated carbocycles. The standard InChI is InChI=1S/C19H19NO5/c1-2-25-20(11-18(21)22)19(23)24-12-17-15-9-5-3-7-13(15)14-8-4-6-10-16(14)17/h3-10,17H,2,11-12H2,1H3,(H,21,22). The second-order valence-electron chi connectivity index (χ2n) is 5.65. The lowest BCUT2D eigenvalue weighted by atomic mass is 9.98. The van der Waals surface area contributed by atoms with Crippen molar-refractivity contribution in [3.05, 3.63) is 59.7 Å². The minimum atomic E-state index is -1.16. The molecule has 0 bridgehead atoms. The monoisotopic (exact) mass is 341 g/mol. The number of fused-ring (bicyclic) bond motifs is 3. The molecule has 130 valence electrons. The number of carboxylic acids is 1. The van der Waals surface area contributed by atoms with Gasteiger partial charge in [-0.1, -0.05) is 48.5 Å². The minimum Gasteiger partial charge on any atom is -0.480 e. The molecule has 1 aliphatic carbocycles. The van der Waals surface area contributed by atoms with E-state index in [0.29, 0.717) is 0 Å². The Labute approximate surface area is 145 Å². The summed E-state index contributed by atoms with van der Waals surface area (Å²) in [5, 5.41) is 9.60. The number of benzene rings is 2. The van der Waals surface area contributed by atoms with E-state index in [1.54, 1.807) is 6.92 Å². The molecule has 3 rings (SSSR count). The van der Waals surface area contributed by atoms with E-state index in [9.17, 15) is 9.59 Å². The van der Waals surface area contributed by atoms with Crippen LogP contribution in [0.4, 0.5) is 4.79 Å². The Bertz CT molecular complexity index is 743. The molecule has 6 heteroatoms. The summed E-state index contributed by atoms with van der Waals surface area (Å²) in [5.41, 5.74) is 4.45. The number of ether oxygens (including phenoxy) is 1. The number of carboxylic acid groups (broad SMARTS) is 1. The van der Waals surface area contributed by atoms with E-state index >= 15 is 0 Å². The fraction of sp³-hybridized carbons (Fsp3) is 0.263. The van der Waals surface area contributed by atoms with Crippen molar-refractivity contribution in [3.63, 3.8) is 0 Å². The zero-order chi connectivity index (χ0) is 17.8. The Morgan fingerprint density at radius 3 is 2.12 bits per heavy atom. The maximum atomic E-state index is 12.2. The van der Waals surface area contributed by atoms with Crippen molar-refractivity contribution in [2.24, 2.45) is 0 Å². The Kier molecular flexibility index (Phi) is 5.00. The van der Waals surface area contributed by atoms with Gasteiger partial charge in [0.1, 0.15) is 13.2 Å². The van der Waals surface area contributed by atoms with Gasteiger partial charge < -0.3 is 9.84 Å². The number of amides is 1. The van der Waals surface area contributed by atoms with Crippen molar-refractivity contribution in [2.45, 2.75) is 12.8 Å². The number of aliphatic carboxylic acids is 1. The molecule has 0 atom stereocenters. The first-order valence-electron chi connectivity index (χ1n) is 8.09. The third kappa shape index (κ3) is 3.49. The molecule has 0 spiro atoms. The molecule has 0 aliphatic heterocycles. The maximum Gasteiger partial charge on any atom is 0.434 e. The Morgan fingerprint density at radius 1 is 1.04 bits per heavy atom. The van der Waals surface area contributed by atoms with Gasteiger partial charge in [0.25, 0.3) is 0 Å². The average Bonchev–Trinajstić information content (AvgIpc) is 2.93. The molecule has 2 aromatic carbocycles. The van der Waals surface area contributed by atoms with Crippen LogP contribution in [0, 0.1) is 0 Å². The van der Waals surface area contributed by atoms with Crippen LogP contribution in [0.25, 0.3) is 11.1 Å². The number of carbonyl (C=O) groups excluding carboxylic acids is 1. The summed E-state index contributed by atoms with van der Waals surface area (Å²) in [6, 6.07) is 16.0. The largest absolute Gasteiger partial charge is 0.480 e. The molecular weight excluding hydrogens is 322 g/mol. The van der Waals surface area contributed by atoms with Crippen LogP contribution in [-0.2, 0) is 14.4 Å². The van der Waals surface area contributed by atoms with Gasteiger partial charge in [-0.2, -0.15) is 5.06 Å². The van der Waals surface area contributed by atoms with Crippen LogP contribution in [0.1, 0.15) is 24.0 Å². The van der Waals surface area contributed by atoms with Crippen LogP contribution < -0.4 is 0 Å². The fourth-order valence-corrected chi connectivity index (χ4v) is 3.11. The number of hydrogen-bond acceptors (Lipinski definition) is 4. The van der Waals surface area contributed by atoms with Crippen LogP contribution >= 0.6 is 0 Å². The van der Waals surface area contributed by atoms with Crippen molar-refractivity contribution in [1.82, 2.24) is 5.06 Å². The van der Waals surface area contributed by atoms with E-state index in [1.807, 2.05) is 48.5 Å². The summed E-state index contributed by atoms with van der Waals surface area (Å²) >= 11 is 0. The number of carbonyl (C=O) groups is 2. The van der Waals surface area contributed by atoms with Crippen molar-refractivity contribution >= 4 is 12.1 Å². The predicted molar refractivity (Wildman–Crippen MR) is 91.0 cm³/mol. The summed E-state index contributed by atoms with van der Waals surface area (Å²) in [7, 11) is 0. The Morgan fingerprint density at radius 2 is 1.60 bits per heavy atom. The highest BCUT2D eigenvalue weighted by molar-refractivity contribution is 5.79. The minimum absolute atomic E-state index is 0.0790. The van der Waals surface area contributed by atoms with E-state index < -0.39 is 18.6 Å². The van der Waals surface area contributed by atoms with Crippen molar-refractivity contribution < 1.29 is 24.3 Å². The first-order valence-corrected chi connectivity index (χ1v) is 8.09. The summed E-state index contributed by atoms with van der Waals surface area (Å²) in [6.45, 7) is 1.41. The summed E-state index contributed by atoms with van der Waals surface area (Å²) in [5.74, 6) is -1.24. The van der Waals surface area contributed by atoms with E-state index in [0.717, 1.165) is 27.3 Å². The van der Waals surface area contributed by atoms with Gasteiger partial charge in [-0.3, -0.25) is 9.63 Å². The Hall–Kier alpha value is -2.86. The molecular formula is C19H19NO5. The lowest BCUT2D eigenvalue weighted by Gasteiger charge is -2.20. The van der Waals surface area contributed by atoms with Crippen molar-refractivity contribution in [2.75, 3.05) is 19.8 Å². The zero-order valence-electron chi connectivity index (χ0n) is 13.8. The van der Waals surface area contributed by atoms with Crippen LogP contribution in [0.2, 0.25) is 0 Å². The second-order valence-corrected chi connectivity index (χ2v) is 5.65. The normalized spacial score (nSPS) is 12.4. The molecule has 6 nitrogen and oxygen atoms in total. The van der Waals surface area contributed by atoms with Crippen LogP contribution in [0.5, 0.6) is 0 Å². The summed E-state index contributed by atoms with van der Waals surface area (Å²) in [6.07, 6.45) is -0.800. The van der Waals surface area contributed by atoms with Gasteiger partial charge in [0.2, 0.25) is 0 Å². The van der Waals surface area contributed by atoms with E-state index in [4.69, 9.17) is 14.7 Å². The van der Waals surface area contributed by atoms with Crippen LogP contribution in [0.3, 0.4) is 0 Å². The number of hydrogen-bond donors (Lipinski definition) is 1. The molecule has 0 unspecified atom stereocenters. The highest BCUT2D eigenvalue weighted by atomic mass is 16.7. The van der Waals surface area contributed by atoms with Crippen LogP contribution in [0.15, 0.2) is 48.5 Å². The van der Waals surface area contributed by atoms with Gasteiger partial charge >= 0.3 is 12.1 Å². The molecule has 0 saturated heterocycles. The molecule has 1 N–H and O–H groups in total. The molecule has 0 radical (unpaired) electrons. The molecule has 0 fully saturated rings. The predicted octanol–water partition coefficient (Wildman–Crippen LogP) is 3.27. The van der Waals surface area contributed by atoms with Gasteiger partial charge in [0.05, 0.1) is 6.61 Å². The van der Waals surface area contributed by atoms with Crippen LogP contribution in [-0.4, -0.2) is 42.0 Å². The molecule has 1 amide bonds. The first kappa shape index (κ1) is 17.0. The topological polar surface area (TPSA) is 76.1 Å². The third-order valence-electron chi connectivity index (χ3n) is 4.10. The SMILES string of the molecule is CCON(CC(=O)O)C(=O)OCC1c2ccccc2-c2ccccc21. The number of hydroxylamine groups is 2. The van der Waals surface area contributed by atoms with E-state index in [1.165, 1.54) is 0 Å². The smallest absolute Gasteiger partial charge is 0.434 e. The highest BCUT2D eigenvalue weighted by Gasteiger charge is 2.30. The summed E-state index contributed by atoms with van der Waals surface area (Å²) < 4.78 is 5.35.